The van der Waals surface area contributed by atoms with Crippen molar-refractivity contribution in [3.63, 3.8) is 0 Å². The molecule has 0 radical (unpaired) electrons. The Hall–Kier alpha value is -3.33. The largest absolute Gasteiger partial charge is 0.479 e. The number of nitrogens with one attached hydrogen (secondary N) is 1. The fraction of sp³-hybridized carbons (Fsp3) is 0.286. The summed E-state index contributed by atoms with van der Waals surface area (Å²) in [5.41, 5.74) is 2.21. The van der Waals surface area contributed by atoms with E-state index in [4.69, 9.17) is 14.7 Å². The predicted molar refractivity (Wildman–Crippen MR) is 101 cm³/mol. The monoisotopic (exact) mass is 366 g/mol. The van der Waals surface area contributed by atoms with Crippen molar-refractivity contribution < 1.29 is 19.1 Å². The first-order valence-electron chi connectivity index (χ1n) is 8.63. The average Bonchev–Trinajstić information content (AvgIpc) is 2.66. The van der Waals surface area contributed by atoms with Gasteiger partial charge in [-0.25, -0.2) is 4.79 Å². The van der Waals surface area contributed by atoms with Gasteiger partial charge < -0.3 is 14.8 Å². The third-order valence-corrected chi connectivity index (χ3v) is 3.83. The van der Waals surface area contributed by atoms with Gasteiger partial charge >= 0.3 is 5.97 Å². The van der Waals surface area contributed by atoms with E-state index in [0.29, 0.717) is 17.0 Å². The molecule has 0 saturated heterocycles. The van der Waals surface area contributed by atoms with E-state index in [1.807, 2.05) is 44.2 Å². The van der Waals surface area contributed by atoms with Crippen LogP contribution >= 0.6 is 0 Å². The van der Waals surface area contributed by atoms with Gasteiger partial charge in [-0.1, -0.05) is 32.0 Å². The highest BCUT2D eigenvalue weighted by Gasteiger charge is 2.18. The number of anilines is 1. The number of hydrogen-bond donors (Lipinski definition) is 1. The van der Waals surface area contributed by atoms with Gasteiger partial charge in [-0.3, -0.25) is 4.79 Å². The molecular formula is C21H22N2O4. The summed E-state index contributed by atoms with van der Waals surface area (Å²) in [5, 5.41) is 11.5. The molecule has 0 bridgehead atoms. The lowest BCUT2D eigenvalue weighted by Crippen LogP contribution is -2.29. The topological polar surface area (TPSA) is 88.4 Å². The van der Waals surface area contributed by atoms with Crippen LogP contribution in [0.2, 0.25) is 0 Å². The molecule has 1 amide bonds. The van der Waals surface area contributed by atoms with E-state index in [9.17, 15) is 9.59 Å². The molecule has 0 aliphatic carbocycles. The molecule has 0 aliphatic heterocycles. The molecule has 2 rings (SSSR count). The maximum Gasteiger partial charge on any atom is 0.347 e. The first-order valence-corrected chi connectivity index (χ1v) is 8.63. The van der Waals surface area contributed by atoms with Crippen LogP contribution < -0.4 is 10.1 Å². The molecule has 0 spiro atoms. The van der Waals surface area contributed by atoms with Crippen LogP contribution in [0.15, 0.2) is 48.5 Å². The number of amides is 1. The number of nitrogens with zero attached hydrogens (tertiary/aromatic N) is 1. The van der Waals surface area contributed by atoms with E-state index in [2.05, 4.69) is 5.32 Å². The smallest absolute Gasteiger partial charge is 0.347 e. The van der Waals surface area contributed by atoms with Crippen LogP contribution in [-0.4, -0.2) is 24.6 Å². The fourth-order valence-electron chi connectivity index (χ4n) is 2.41. The molecule has 140 valence electrons. The zero-order chi connectivity index (χ0) is 19.8. The molecule has 6 heteroatoms. The summed E-state index contributed by atoms with van der Waals surface area (Å²) in [7, 11) is 0. The standard InChI is InChI=1S/C21H22N2O4/c1-14(2)18-6-4-5-7-19(18)23-20(24)13-26-21(25)15(3)27-17-10-8-16(12-22)9-11-17/h4-11,14-15H,13H2,1-3H3,(H,23,24)/t15-/m1/s1. The second kappa shape index (κ2) is 9.39. The summed E-state index contributed by atoms with van der Waals surface area (Å²) < 4.78 is 10.5. The van der Waals surface area contributed by atoms with E-state index in [0.717, 1.165) is 5.56 Å². The SMILES string of the molecule is CC(C)c1ccccc1NC(=O)COC(=O)[C@@H](C)Oc1ccc(C#N)cc1. The predicted octanol–water partition coefficient (Wildman–Crippen LogP) is 3.63. The number of carbonyl (C=O) groups is 2. The average molecular weight is 366 g/mol. The third-order valence-electron chi connectivity index (χ3n) is 3.83. The molecule has 0 aliphatic rings. The summed E-state index contributed by atoms with van der Waals surface area (Å²) in [6.45, 7) is 5.21. The quantitative estimate of drug-likeness (QED) is 0.756. The maximum absolute atomic E-state index is 12.1. The molecule has 1 N–H and O–H groups in total. The van der Waals surface area contributed by atoms with Crippen molar-refractivity contribution in [2.75, 3.05) is 11.9 Å². The van der Waals surface area contributed by atoms with Gasteiger partial charge in [0, 0.05) is 5.69 Å². The van der Waals surface area contributed by atoms with Crippen molar-refractivity contribution >= 4 is 17.6 Å². The Kier molecular flexibility index (Phi) is 6.95. The van der Waals surface area contributed by atoms with Gasteiger partial charge in [0.25, 0.3) is 5.91 Å². The summed E-state index contributed by atoms with van der Waals surface area (Å²) in [4.78, 5) is 24.1. The van der Waals surface area contributed by atoms with Crippen molar-refractivity contribution in [2.45, 2.75) is 32.8 Å². The molecule has 0 saturated carbocycles. The van der Waals surface area contributed by atoms with E-state index in [-0.39, 0.29) is 5.92 Å². The lowest BCUT2D eigenvalue weighted by atomic mass is 10.0. The molecule has 2 aromatic rings. The Morgan fingerprint density at radius 1 is 1.07 bits per heavy atom. The summed E-state index contributed by atoms with van der Waals surface area (Å²) in [6, 6.07) is 15.9. The summed E-state index contributed by atoms with van der Waals surface area (Å²) >= 11 is 0. The Balaban J connectivity index is 1.85. The van der Waals surface area contributed by atoms with Gasteiger partial charge in [-0.05, 0) is 48.7 Å². The van der Waals surface area contributed by atoms with Crippen molar-refractivity contribution in [1.29, 1.82) is 5.26 Å². The molecule has 0 heterocycles. The number of hydrogen-bond acceptors (Lipinski definition) is 5. The first kappa shape index (κ1) is 20.0. The molecular weight excluding hydrogens is 344 g/mol. The molecule has 2 aromatic carbocycles. The molecule has 0 aromatic heterocycles. The van der Waals surface area contributed by atoms with Gasteiger partial charge in [0.1, 0.15) is 5.75 Å². The number of nitriles is 1. The molecule has 0 fully saturated rings. The van der Waals surface area contributed by atoms with Crippen LogP contribution in [0.1, 0.15) is 37.8 Å². The lowest BCUT2D eigenvalue weighted by Gasteiger charge is -2.15. The minimum atomic E-state index is -0.881. The lowest BCUT2D eigenvalue weighted by molar-refractivity contribution is -0.153. The fourth-order valence-corrected chi connectivity index (χ4v) is 2.41. The van der Waals surface area contributed by atoms with Crippen molar-refractivity contribution in [3.8, 4) is 11.8 Å². The highest BCUT2D eigenvalue weighted by molar-refractivity contribution is 5.93. The van der Waals surface area contributed by atoms with Gasteiger partial charge in [0.05, 0.1) is 11.6 Å². The van der Waals surface area contributed by atoms with E-state index in [1.54, 1.807) is 24.3 Å². The Labute approximate surface area is 158 Å². The zero-order valence-electron chi connectivity index (χ0n) is 15.6. The number of rotatable bonds is 7. The van der Waals surface area contributed by atoms with Crippen LogP contribution in [0.25, 0.3) is 0 Å². The molecule has 1 atom stereocenters. The number of esters is 1. The van der Waals surface area contributed by atoms with Crippen LogP contribution in [-0.2, 0) is 14.3 Å². The normalized spacial score (nSPS) is 11.4. The molecule has 27 heavy (non-hydrogen) atoms. The minimum absolute atomic E-state index is 0.255. The number of ether oxygens (including phenoxy) is 2. The van der Waals surface area contributed by atoms with E-state index < -0.39 is 24.6 Å². The number of carbonyl (C=O) groups excluding carboxylic acids is 2. The van der Waals surface area contributed by atoms with Crippen LogP contribution in [0, 0.1) is 11.3 Å². The van der Waals surface area contributed by atoms with Gasteiger partial charge in [0.2, 0.25) is 0 Å². The maximum atomic E-state index is 12.1. The van der Waals surface area contributed by atoms with Crippen molar-refractivity contribution in [3.05, 3.63) is 59.7 Å². The Morgan fingerprint density at radius 2 is 1.74 bits per heavy atom. The zero-order valence-corrected chi connectivity index (χ0v) is 15.6. The minimum Gasteiger partial charge on any atom is -0.479 e. The second-order valence-corrected chi connectivity index (χ2v) is 6.29. The second-order valence-electron chi connectivity index (χ2n) is 6.29. The van der Waals surface area contributed by atoms with Gasteiger partial charge in [-0.2, -0.15) is 5.26 Å². The summed E-state index contributed by atoms with van der Waals surface area (Å²) in [5.74, 6) is -0.368. The Bertz CT molecular complexity index is 838. The van der Waals surface area contributed by atoms with E-state index >= 15 is 0 Å². The van der Waals surface area contributed by atoms with Crippen LogP contribution in [0.4, 0.5) is 5.69 Å². The molecule has 0 unspecified atom stereocenters. The highest BCUT2D eigenvalue weighted by Crippen LogP contribution is 2.23. The van der Waals surface area contributed by atoms with Crippen LogP contribution in [0.3, 0.4) is 0 Å². The van der Waals surface area contributed by atoms with Crippen molar-refractivity contribution in [1.82, 2.24) is 0 Å². The van der Waals surface area contributed by atoms with Gasteiger partial charge in [-0.15, -0.1) is 0 Å². The Morgan fingerprint density at radius 3 is 2.37 bits per heavy atom. The van der Waals surface area contributed by atoms with Gasteiger partial charge in [0.15, 0.2) is 12.7 Å². The number of para-hydroxylation sites is 1. The highest BCUT2D eigenvalue weighted by atomic mass is 16.6. The van der Waals surface area contributed by atoms with Crippen LogP contribution in [0.5, 0.6) is 5.75 Å². The number of benzene rings is 2. The first-order chi connectivity index (χ1) is 12.9. The van der Waals surface area contributed by atoms with Crippen molar-refractivity contribution in [2.24, 2.45) is 0 Å². The third kappa shape index (κ3) is 5.86. The van der Waals surface area contributed by atoms with E-state index in [1.165, 1.54) is 6.92 Å². The summed E-state index contributed by atoms with van der Waals surface area (Å²) in [6.07, 6.45) is -0.881. The molecule has 6 nitrogen and oxygen atoms in total.